The molecule has 4 nitrogen and oxygen atoms in total. The zero-order valence-corrected chi connectivity index (χ0v) is 13.9. The van der Waals surface area contributed by atoms with Crippen LogP contribution in [0.3, 0.4) is 0 Å². The maximum Gasteiger partial charge on any atom is 0.175 e. The highest BCUT2D eigenvalue weighted by Crippen LogP contribution is 2.36. The molecule has 6 heteroatoms. The van der Waals surface area contributed by atoms with Crippen LogP contribution in [0.25, 0.3) is 0 Å². The second-order valence-corrected chi connectivity index (χ2v) is 4.57. The number of halogens is 2. The van der Waals surface area contributed by atoms with Crippen molar-refractivity contribution in [3.63, 3.8) is 0 Å². The van der Waals surface area contributed by atoms with Crippen LogP contribution in [0.2, 0.25) is 0 Å². The molecule has 0 saturated heterocycles. The summed E-state index contributed by atoms with van der Waals surface area (Å²) in [6.45, 7) is 4.86. The third kappa shape index (κ3) is 5.99. The average molecular weight is 355 g/mol. The van der Waals surface area contributed by atoms with E-state index in [2.05, 4.69) is 21.2 Å². The second-order valence-electron chi connectivity index (χ2n) is 3.71. The Morgan fingerprint density at radius 3 is 2.58 bits per heavy atom. The van der Waals surface area contributed by atoms with E-state index in [0.717, 1.165) is 34.6 Å². The number of methoxy groups -OCH3 is 2. The summed E-state index contributed by atoms with van der Waals surface area (Å²) in [5.41, 5.74) is 1.14. The van der Waals surface area contributed by atoms with Crippen LogP contribution in [-0.4, -0.2) is 34.0 Å². The fourth-order valence-electron chi connectivity index (χ4n) is 1.57. The lowest BCUT2D eigenvalue weighted by atomic mass is 10.2. The van der Waals surface area contributed by atoms with Gasteiger partial charge in [-0.1, -0.05) is 0 Å². The molecule has 0 unspecified atom stereocenters. The first-order valence-corrected chi connectivity index (χ1v) is 6.71. The van der Waals surface area contributed by atoms with Crippen LogP contribution in [0.5, 0.6) is 11.5 Å². The van der Waals surface area contributed by atoms with Gasteiger partial charge in [0.2, 0.25) is 0 Å². The normalized spacial score (nSPS) is 9.89. The summed E-state index contributed by atoms with van der Waals surface area (Å²) in [4.78, 5) is 0. The summed E-state index contributed by atoms with van der Waals surface area (Å²) in [5.74, 6) is 1.50. The van der Waals surface area contributed by atoms with Gasteiger partial charge in [-0.05, 0) is 40.5 Å². The van der Waals surface area contributed by atoms with Crippen molar-refractivity contribution in [3.05, 3.63) is 22.2 Å². The molecular weight excluding hydrogens is 334 g/mol. The summed E-state index contributed by atoms with van der Waals surface area (Å²) in [6, 6.07) is 4.02. The van der Waals surface area contributed by atoms with Gasteiger partial charge in [-0.25, -0.2) is 0 Å². The van der Waals surface area contributed by atoms with Crippen LogP contribution in [0.15, 0.2) is 16.6 Å². The molecule has 0 amide bonds. The second kappa shape index (κ2) is 10.3. The molecule has 0 fully saturated rings. The zero-order chi connectivity index (χ0) is 13.4. The number of hydrogen-bond donors (Lipinski definition) is 1. The first kappa shape index (κ1) is 18.5. The number of hydrogen-bond acceptors (Lipinski definition) is 4. The smallest absolute Gasteiger partial charge is 0.175 e. The van der Waals surface area contributed by atoms with E-state index in [0.29, 0.717) is 13.2 Å². The lowest BCUT2D eigenvalue weighted by Gasteiger charge is -2.13. The van der Waals surface area contributed by atoms with Crippen molar-refractivity contribution in [2.45, 2.75) is 13.5 Å². The number of rotatable bonds is 8. The van der Waals surface area contributed by atoms with E-state index < -0.39 is 0 Å². The summed E-state index contributed by atoms with van der Waals surface area (Å²) in [5, 5.41) is 3.29. The highest BCUT2D eigenvalue weighted by atomic mass is 79.9. The van der Waals surface area contributed by atoms with Crippen LogP contribution in [-0.2, 0) is 11.3 Å². The fraction of sp³-hybridized carbons (Fsp3) is 0.538. The lowest BCUT2D eigenvalue weighted by molar-refractivity contribution is 0.199. The molecule has 0 atom stereocenters. The molecule has 0 saturated carbocycles. The minimum Gasteiger partial charge on any atom is -0.493 e. The topological polar surface area (TPSA) is 39.7 Å². The van der Waals surface area contributed by atoms with Crippen LogP contribution in [0, 0.1) is 0 Å². The van der Waals surface area contributed by atoms with Gasteiger partial charge in [-0.2, -0.15) is 0 Å². The molecule has 0 aliphatic rings. The quantitative estimate of drug-likeness (QED) is 0.729. The molecular formula is C13H21BrClNO3. The molecule has 1 N–H and O–H groups in total. The van der Waals surface area contributed by atoms with Crippen molar-refractivity contribution >= 4 is 28.3 Å². The van der Waals surface area contributed by atoms with Gasteiger partial charge in [0.25, 0.3) is 0 Å². The number of nitrogens with one attached hydrogen (secondary N) is 1. The van der Waals surface area contributed by atoms with E-state index in [1.54, 1.807) is 14.2 Å². The van der Waals surface area contributed by atoms with Crippen molar-refractivity contribution in [2.75, 3.05) is 34.0 Å². The predicted molar refractivity (Wildman–Crippen MR) is 82.7 cm³/mol. The van der Waals surface area contributed by atoms with Crippen molar-refractivity contribution in [1.82, 2.24) is 5.32 Å². The Bertz CT molecular complexity index is 377. The van der Waals surface area contributed by atoms with Crippen molar-refractivity contribution < 1.29 is 14.2 Å². The largest absolute Gasteiger partial charge is 0.493 e. The zero-order valence-electron chi connectivity index (χ0n) is 11.5. The predicted octanol–water partition coefficient (Wildman–Crippen LogP) is 3.01. The van der Waals surface area contributed by atoms with Gasteiger partial charge in [0.15, 0.2) is 11.5 Å². The van der Waals surface area contributed by atoms with Gasteiger partial charge in [0.1, 0.15) is 0 Å². The molecule has 0 bridgehead atoms. The molecule has 0 spiro atoms. The fourth-order valence-corrected chi connectivity index (χ4v) is 2.17. The maximum absolute atomic E-state index is 5.54. The van der Waals surface area contributed by atoms with E-state index in [1.807, 2.05) is 19.1 Å². The number of ether oxygens (including phenoxy) is 3. The van der Waals surface area contributed by atoms with Crippen LogP contribution >= 0.6 is 28.3 Å². The Labute approximate surface area is 129 Å². The SMILES string of the molecule is CCOc1c(Br)cc(CNCCOC)cc1OC.Cl. The average Bonchev–Trinajstić information content (AvgIpc) is 2.37. The molecule has 19 heavy (non-hydrogen) atoms. The van der Waals surface area contributed by atoms with Crippen molar-refractivity contribution in [3.8, 4) is 11.5 Å². The van der Waals surface area contributed by atoms with E-state index >= 15 is 0 Å². The van der Waals surface area contributed by atoms with Gasteiger partial charge in [-0.15, -0.1) is 12.4 Å². The Morgan fingerprint density at radius 2 is 2.00 bits per heavy atom. The molecule has 0 aliphatic heterocycles. The minimum absolute atomic E-state index is 0. The monoisotopic (exact) mass is 353 g/mol. The van der Waals surface area contributed by atoms with Crippen LogP contribution in [0.1, 0.15) is 12.5 Å². The van der Waals surface area contributed by atoms with Gasteiger partial charge >= 0.3 is 0 Å². The van der Waals surface area contributed by atoms with E-state index in [9.17, 15) is 0 Å². The van der Waals surface area contributed by atoms with E-state index in [4.69, 9.17) is 14.2 Å². The Morgan fingerprint density at radius 1 is 1.26 bits per heavy atom. The van der Waals surface area contributed by atoms with Crippen LogP contribution in [0.4, 0.5) is 0 Å². The molecule has 0 heterocycles. The molecule has 0 aliphatic carbocycles. The first-order chi connectivity index (χ1) is 8.72. The van der Waals surface area contributed by atoms with E-state index in [1.165, 1.54) is 0 Å². The Balaban J connectivity index is 0.00000324. The van der Waals surface area contributed by atoms with Crippen molar-refractivity contribution in [2.24, 2.45) is 0 Å². The van der Waals surface area contributed by atoms with Gasteiger partial charge in [0.05, 0.1) is 24.8 Å². The summed E-state index contributed by atoms with van der Waals surface area (Å²) < 4.78 is 16.8. The maximum atomic E-state index is 5.54. The molecule has 1 aromatic carbocycles. The Kier molecular flexibility index (Phi) is 10.0. The van der Waals surface area contributed by atoms with Crippen molar-refractivity contribution in [1.29, 1.82) is 0 Å². The molecule has 1 rings (SSSR count). The lowest BCUT2D eigenvalue weighted by Crippen LogP contribution is -2.18. The van der Waals surface area contributed by atoms with Gasteiger partial charge in [0, 0.05) is 20.2 Å². The number of benzene rings is 1. The minimum atomic E-state index is 0. The van der Waals surface area contributed by atoms with Crippen LogP contribution < -0.4 is 14.8 Å². The summed E-state index contributed by atoms with van der Waals surface area (Å²) in [6.07, 6.45) is 0. The molecule has 1 aromatic rings. The summed E-state index contributed by atoms with van der Waals surface area (Å²) >= 11 is 3.50. The third-order valence-electron chi connectivity index (χ3n) is 2.39. The highest BCUT2D eigenvalue weighted by Gasteiger charge is 2.10. The van der Waals surface area contributed by atoms with Gasteiger partial charge < -0.3 is 19.5 Å². The first-order valence-electron chi connectivity index (χ1n) is 5.91. The third-order valence-corrected chi connectivity index (χ3v) is 2.98. The van der Waals surface area contributed by atoms with E-state index in [-0.39, 0.29) is 12.4 Å². The highest BCUT2D eigenvalue weighted by molar-refractivity contribution is 9.10. The standard InChI is InChI=1S/C13H20BrNO3.ClH/c1-4-18-13-11(14)7-10(8-12(13)17-3)9-15-5-6-16-2;/h7-8,15H,4-6,9H2,1-3H3;1H. The molecule has 0 radical (unpaired) electrons. The molecule has 0 aromatic heterocycles. The summed E-state index contributed by atoms with van der Waals surface area (Å²) in [7, 11) is 3.34. The van der Waals surface area contributed by atoms with Gasteiger partial charge in [-0.3, -0.25) is 0 Å². The Hall–Kier alpha value is -0.490. The molecule has 110 valence electrons.